The molecule has 0 saturated carbocycles. The number of likely N-dealkylation sites (tertiary alicyclic amines) is 1. The van der Waals surface area contributed by atoms with E-state index >= 15 is 0 Å². The minimum absolute atomic E-state index is 0.0807. The number of nitrogens with zero attached hydrogens (tertiary/aromatic N) is 2. The number of hydrogen-bond acceptors (Lipinski definition) is 3. The summed E-state index contributed by atoms with van der Waals surface area (Å²) in [5.41, 5.74) is 1.24. The van der Waals surface area contributed by atoms with Gasteiger partial charge in [-0.05, 0) is 37.0 Å². The van der Waals surface area contributed by atoms with Gasteiger partial charge in [0.05, 0.1) is 5.92 Å². The molecular formula is C18H22N2O4. The van der Waals surface area contributed by atoms with Crippen LogP contribution in [-0.2, 0) is 9.59 Å². The topological polar surface area (TPSA) is 77.9 Å². The maximum absolute atomic E-state index is 12.8. The van der Waals surface area contributed by atoms with E-state index in [-0.39, 0.29) is 24.3 Å². The molecule has 0 aliphatic carbocycles. The lowest BCUT2D eigenvalue weighted by atomic mass is 9.90. The number of benzene rings is 1. The van der Waals surface area contributed by atoms with E-state index in [0.29, 0.717) is 31.5 Å². The lowest BCUT2D eigenvalue weighted by Gasteiger charge is -2.34. The summed E-state index contributed by atoms with van der Waals surface area (Å²) >= 11 is 0. The lowest BCUT2D eigenvalue weighted by molar-refractivity contribution is -0.143. The van der Waals surface area contributed by atoms with Crippen LogP contribution in [0.25, 0.3) is 0 Å². The molecule has 0 radical (unpaired) electrons. The Morgan fingerprint density at radius 1 is 1.25 bits per heavy atom. The molecule has 1 N–H and O–H groups in total. The first-order valence-electron chi connectivity index (χ1n) is 8.38. The van der Waals surface area contributed by atoms with Crippen molar-refractivity contribution in [3.8, 4) is 0 Å². The van der Waals surface area contributed by atoms with Gasteiger partial charge < -0.3 is 14.9 Å². The second-order valence-corrected chi connectivity index (χ2v) is 6.79. The number of piperidine rings is 1. The van der Waals surface area contributed by atoms with E-state index in [0.717, 1.165) is 12.1 Å². The number of anilines is 1. The third-order valence-electron chi connectivity index (χ3n) is 4.77. The largest absolute Gasteiger partial charge is 0.481 e. The minimum atomic E-state index is -0.851. The summed E-state index contributed by atoms with van der Waals surface area (Å²) < 4.78 is 0. The average Bonchev–Trinajstić information content (AvgIpc) is 2.99. The molecule has 6 nitrogen and oxygen atoms in total. The maximum atomic E-state index is 12.8. The Morgan fingerprint density at radius 2 is 2.04 bits per heavy atom. The van der Waals surface area contributed by atoms with Crippen LogP contribution in [0.2, 0.25) is 0 Å². The Balaban J connectivity index is 1.79. The molecule has 2 unspecified atom stereocenters. The van der Waals surface area contributed by atoms with Gasteiger partial charge in [0.25, 0.3) is 5.91 Å². The van der Waals surface area contributed by atoms with E-state index in [4.69, 9.17) is 0 Å². The van der Waals surface area contributed by atoms with E-state index in [1.807, 2.05) is 13.0 Å². The highest BCUT2D eigenvalue weighted by molar-refractivity contribution is 5.99. The summed E-state index contributed by atoms with van der Waals surface area (Å²) in [6.45, 7) is 3.45. The number of hydrogen-bond donors (Lipinski definition) is 1. The second kappa shape index (κ2) is 6.63. The van der Waals surface area contributed by atoms with Crippen molar-refractivity contribution in [1.29, 1.82) is 0 Å². The van der Waals surface area contributed by atoms with Crippen molar-refractivity contribution >= 4 is 23.5 Å². The summed E-state index contributed by atoms with van der Waals surface area (Å²) in [5, 5.41) is 9.26. The van der Waals surface area contributed by atoms with Gasteiger partial charge >= 0.3 is 5.97 Å². The van der Waals surface area contributed by atoms with E-state index in [1.54, 1.807) is 28.0 Å². The molecule has 6 heteroatoms. The fraction of sp³-hybridized carbons (Fsp3) is 0.500. The fourth-order valence-electron chi connectivity index (χ4n) is 3.61. The molecule has 1 aromatic carbocycles. The van der Waals surface area contributed by atoms with Crippen LogP contribution in [0, 0.1) is 11.8 Å². The number of aliphatic carboxylic acids is 1. The van der Waals surface area contributed by atoms with E-state index in [2.05, 4.69) is 0 Å². The van der Waals surface area contributed by atoms with Crippen molar-refractivity contribution in [3.63, 3.8) is 0 Å². The van der Waals surface area contributed by atoms with Gasteiger partial charge in [0.15, 0.2) is 0 Å². The van der Waals surface area contributed by atoms with Crippen LogP contribution in [0.4, 0.5) is 5.69 Å². The molecule has 1 aromatic rings. The van der Waals surface area contributed by atoms with Crippen LogP contribution < -0.4 is 4.90 Å². The quantitative estimate of drug-likeness (QED) is 0.919. The molecule has 0 bridgehead atoms. The molecule has 2 atom stereocenters. The third kappa shape index (κ3) is 3.27. The van der Waals surface area contributed by atoms with Gasteiger partial charge in [-0.1, -0.05) is 13.0 Å². The standard InChI is InChI=1S/C18H22N2O4/c1-12-8-14(18(23)24)11-19(10-12)17(22)13-4-2-5-15(9-13)20-7-3-6-16(20)21/h2,4-5,9,12,14H,3,6-8,10-11H2,1H3,(H,23,24). The summed E-state index contributed by atoms with van der Waals surface area (Å²) in [6, 6.07) is 7.07. The van der Waals surface area contributed by atoms with Gasteiger partial charge in [-0.25, -0.2) is 0 Å². The average molecular weight is 330 g/mol. The number of rotatable bonds is 3. The molecule has 24 heavy (non-hydrogen) atoms. The molecule has 0 aromatic heterocycles. The van der Waals surface area contributed by atoms with Crippen molar-refractivity contribution in [3.05, 3.63) is 29.8 Å². The van der Waals surface area contributed by atoms with Crippen molar-refractivity contribution in [1.82, 2.24) is 4.90 Å². The van der Waals surface area contributed by atoms with Gasteiger partial charge in [-0.15, -0.1) is 0 Å². The first-order chi connectivity index (χ1) is 11.5. The first-order valence-corrected chi connectivity index (χ1v) is 8.38. The molecule has 2 aliphatic rings. The molecule has 2 saturated heterocycles. The number of carboxylic acid groups (broad SMARTS) is 1. The Hall–Kier alpha value is -2.37. The van der Waals surface area contributed by atoms with Crippen LogP contribution in [0.3, 0.4) is 0 Å². The van der Waals surface area contributed by atoms with Crippen molar-refractivity contribution in [2.24, 2.45) is 11.8 Å². The normalized spacial score (nSPS) is 24.3. The van der Waals surface area contributed by atoms with Crippen LogP contribution in [-0.4, -0.2) is 47.4 Å². The highest BCUT2D eigenvalue weighted by Crippen LogP contribution is 2.26. The van der Waals surface area contributed by atoms with E-state index in [9.17, 15) is 19.5 Å². The molecule has 2 amide bonds. The van der Waals surface area contributed by atoms with Crippen LogP contribution in [0.5, 0.6) is 0 Å². The SMILES string of the molecule is CC1CC(C(=O)O)CN(C(=O)c2cccc(N3CCCC3=O)c2)C1. The van der Waals surface area contributed by atoms with Crippen molar-refractivity contribution in [2.75, 3.05) is 24.5 Å². The zero-order valence-electron chi connectivity index (χ0n) is 13.8. The zero-order chi connectivity index (χ0) is 17.3. The zero-order valence-corrected chi connectivity index (χ0v) is 13.8. The highest BCUT2D eigenvalue weighted by atomic mass is 16.4. The maximum Gasteiger partial charge on any atom is 0.308 e. The molecular weight excluding hydrogens is 308 g/mol. The number of carboxylic acids is 1. The van der Waals surface area contributed by atoms with Crippen molar-refractivity contribution in [2.45, 2.75) is 26.2 Å². The van der Waals surface area contributed by atoms with Gasteiger partial charge in [0.1, 0.15) is 0 Å². The Kier molecular flexibility index (Phi) is 4.55. The Labute approximate surface area is 141 Å². The van der Waals surface area contributed by atoms with Gasteiger partial charge in [0, 0.05) is 37.3 Å². The summed E-state index contributed by atoms with van der Waals surface area (Å²) in [7, 11) is 0. The molecule has 0 spiro atoms. The molecule has 2 aliphatic heterocycles. The number of carbonyl (C=O) groups is 3. The van der Waals surface area contributed by atoms with Crippen molar-refractivity contribution < 1.29 is 19.5 Å². The Morgan fingerprint density at radius 3 is 2.71 bits per heavy atom. The van der Waals surface area contributed by atoms with Crippen LogP contribution in [0.15, 0.2) is 24.3 Å². The lowest BCUT2D eigenvalue weighted by Crippen LogP contribution is -2.45. The summed E-state index contributed by atoms with van der Waals surface area (Å²) in [4.78, 5) is 39.3. The summed E-state index contributed by atoms with van der Waals surface area (Å²) in [5.74, 6) is -1.29. The summed E-state index contributed by atoms with van der Waals surface area (Å²) in [6.07, 6.45) is 1.98. The monoisotopic (exact) mass is 330 g/mol. The molecule has 128 valence electrons. The molecule has 2 heterocycles. The van der Waals surface area contributed by atoms with E-state index < -0.39 is 11.9 Å². The number of amides is 2. The predicted molar refractivity (Wildman–Crippen MR) is 88.8 cm³/mol. The van der Waals surface area contributed by atoms with Crippen LogP contribution >= 0.6 is 0 Å². The highest BCUT2D eigenvalue weighted by Gasteiger charge is 2.32. The van der Waals surface area contributed by atoms with Gasteiger partial charge in [-0.2, -0.15) is 0 Å². The fourth-order valence-corrected chi connectivity index (χ4v) is 3.61. The molecule has 2 fully saturated rings. The second-order valence-electron chi connectivity index (χ2n) is 6.79. The third-order valence-corrected chi connectivity index (χ3v) is 4.77. The predicted octanol–water partition coefficient (Wildman–Crippen LogP) is 2.00. The minimum Gasteiger partial charge on any atom is -0.481 e. The first kappa shape index (κ1) is 16.5. The van der Waals surface area contributed by atoms with Crippen LogP contribution in [0.1, 0.15) is 36.5 Å². The molecule has 3 rings (SSSR count). The van der Waals surface area contributed by atoms with E-state index in [1.165, 1.54) is 0 Å². The number of carbonyl (C=O) groups excluding carboxylic acids is 2. The van der Waals surface area contributed by atoms with Gasteiger partial charge in [-0.3, -0.25) is 14.4 Å². The van der Waals surface area contributed by atoms with Gasteiger partial charge in [0.2, 0.25) is 5.91 Å². The Bertz CT molecular complexity index is 673. The smallest absolute Gasteiger partial charge is 0.308 e.